The summed E-state index contributed by atoms with van der Waals surface area (Å²) in [5, 5.41) is 1.12. The van der Waals surface area contributed by atoms with Crippen molar-refractivity contribution in [3.8, 4) is 0 Å². The lowest BCUT2D eigenvalue weighted by atomic mass is 10.1. The lowest BCUT2D eigenvalue weighted by Crippen LogP contribution is -2.03. The summed E-state index contributed by atoms with van der Waals surface area (Å²) in [6, 6.07) is 14.6. The molecule has 0 unspecified atom stereocenters. The molecule has 0 amide bonds. The summed E-state index contributed by atoms with van der Waals surface area (Å²) in [5.74, 6) is 0.587. The molecule has 23 heavy (non-hydrogen) atoms. The third-order valence-electron chi connectivity index (χ3n) is 3.57. The van der Waals surface area contributed by atoms with E-state index in [1.54, 1.807) is 30.5 Å². The predicted octanol–water partition coefficient (Wildman–Crippen LogP) is 4.78. The number of nitrogens with zero attached hydrogens (tertiary/aromatic N) is 2. The van der Waals surface area contributed by atoms with Gasteiger partial charge in [-0.05, 0) is 36.8 Å². The number of carbonyl (C=O) groups excluding carboxylic acids is 1. The highest BCUT2D eigenvalue weighted by atomic mass is 35.5. The maximum atomic E-state index is 12.6. The van der Waals surface area contributed by atoms with Gasteiger partial charge in [-0.15, -0.1) is 0 Å². The summed E-state index contributed by atoms with van der Waals surface area (Å²) in [6.45, 7) is 2.48. The summed E-state index contributed by atoms with van der Waals surface area (Å²) < 4.78 is 1.93. The van der Waals surface area contributed by atoms with Gasteiger partial charge in [0.2, 0.25) is 5.78 Å². The van der Waals surface area contributed by atoms with Gasteiger partial charge < -0.3 is 4.57 Å². The van der Waals surface area contributed by atoms with Gasteiger partial charge in [0.15, 0.2) is 0 Å². The number of aryl methyl sites for hydroxylation is 1. The van der Waals surface area contributed by atoms with E-state index in [1.807, 2.05) is 35.8 Å². The van der Waals surface area contributed by atoms with Crippen LogP contribution in [0, 0.1) is 6.92 Å². The van der Waals surface area contributed by atoms with E-state index in [1.165, 1.54) is 0 Å². The Morgan fingerprint density at radius 2 is 1.91 bits per heavy atom. The topological polar surface area (TPSA) is 34.9 Å². The van der Waals surface area contributed by atoms with Crippen molar-refractivity contribution in [2.75, 3.05) is 0 Å². The fourth-order valence-corrected chi connectivity index (χ4v) is 2.83. The van der Waals surface area contributed by atoms with Crippen LogP contribution in [0.15, 0.2) is 54.7 Å². The number of aromatic nitrogens is 2. The Balaban J connectivity index is 1.89. The molecule has 0 spiro atoms. The van der Waals surface area contributed by atoms with Gasteiger partial charge in [0, 0.05) is 23.3 Å². The number of halogens is 2. The van der Waals surface area contributed by atoms with E-state index in [2.05, 4.69) is 4.98 Å². The first-order chi connectivity index (χ1) is 11.0. The molecular weight excluding hydrogens is 331 g/mol. The summed E-state index contributed by atoms with van der Waals surface area (Å²) in [7, 11) is 0. The van der Waals surface area contributed by atoms with Crippen LogP contribution in [0.2, 0.25) is 10.0 Å². The maximum Gasteiger partial charge on any atom is 0.214 e. The Kier molecular flexibility index (Phi) is 4.51. The molecule has 0 N–H and O–H groups in total. The fraction of sp³-hybridized carbons (Fsp3) is 0.111. The molecule has 0 radical (unpaired) electrons. The van der Waals surface area contributed by atoms with Crippen LogP contribution in [0.3, 0.4) is 0 Å². The highest BCUT2D eigenvalue weighted by Crippen LogP contribution is 2.19. The summed E-state index contributed by atoms with van der Waals surface area (Å²) >= 11 is 12.1. The first kappa shape index (κ1) is 15.8. The van der Waals surface area contributed by atoms with Crippen molar-refractivity contribution in [2.45, 2.75) is 13.5 Å². The zero-order valence-corrected chi connectivity index (χ0v) is 14.0. The molecule has 3 rings (SSSR count). The van der Waals surface area contributed by atoms with Crippen LogP contribution >= 0.6 is 23.2 Å². The maximum absolute atomic E-state index is 12.6. The molecule has 0 aliphatic rings. The molecule has 116 valence electrons. The Morgan fingerprint density at radius 1 is 1.13 bits per heavy atom. The Morgan fingerprint density at radius 3 is 2.65 bits per heavy atom. The third kappa shape index (κ3) is 3.46. The number of imidazole rings is 1. The molecule has 2 aromatic carbocycles. The second kappa shape index (κ2) is 6.57. The number of carbonyl (C=O) groups is 1. The van der Waals surface area contributed by atoms with Crippen LogP contribution in [-0.4, -0.2) is 15.3 Å². The Labute approximate surface area is 144 Å². The van der Waals surface area contributed by atoms with E-state index in [4.69, 9.17) is 23.2 Å². The average molecular weight is 345 g/mol. The molecule has 0 fully saturated rings. The molecule has 1 heterocycles. The van der Waals surface area contributed by atoms with E-state index < -0.39 is 0 Å². The molecule has 3 aromatic rings. The summed E-state index contributed by atoms with van der Waals surface area (Å²) in [5.41, 5.74) is 1.90. The Hall–Kier alpha value is -2.10. The molecule has 0 bridgehead atoms. The standard InChI is InChI=1S/C18H14Cl2N2O/c1-12-21-17(18(23)15-7-2-3-8-16(15)20)11-22(12)10-13-5-4-6-14(19)9-13/h2-9,11H,10H2,1H3. The van der Waals surface area contributed by atoms with E-state index in [-0.39, 0.29) is 5.78 Å². The number of hydrogen-bond donors (Lipinski definition) is 0. The van der Waals surface area contributed by atoms with Crippen LogP contribution in [0.25, 0.3) is 0 Å². The number of rotatable bonds is 4. The highest BCUT2D eigenvalue weighted by Gasteiger charge is 2.16. The van der Waals surface area contributed by atoms with Gasteiger partial charge in [-0.1, -0.05) is 47.5 Å². The highest BCUT2D eigenvalue weighted by molar-refractivity contribution is 6.34. The first-order valence-corrected chi connectivity index (χ1v) is 7.87. The fourth-order valence-electron chi connectivity index (χ4n) is 2.39. The average Bonchev–Trinajstić information content (AvgIpc) is 2.88. The van der Waals surface area contributed by atoms with Crippen LogP contribution in [0.4, 0.5) is 0 Å². The number of hydrogen-bond acceptors (Lipinski definition) is 2. The quantitative estimate of drug-likeness (QED) is 0.638. The SMILES string of the molecule is Cc1nc(C(=O)c2ccccc2Cl)cn1Cc1cccc(Cl)c1. The second-order valence-corrected chi connectivity index (χ2v) is 6.08. The number of ketones is 1. The lowest BCUT2D eigenvalue weighted by Gasteiger charge is -2.05. The van der Waals surface area contributed by atoms with Gasteiger partial charge >= 0.3 is 0 Å². The number of benzene rings is 2. The monoisotopic (exact) mass is 344 g/mol. The molecule has 5 heteroatoms. The van der Waals surface area contributed by atoms with Crippen molar-refractivity contribution >= 4 is 29.0 Å². The minimum atomic E-state index is -0.177. The third-order valence-corrected chi connectivity index (χ3v) is 4.13. The van der Waals surface area contributed by atoms with Crippen molar-refractivity contribution < 1.29 is 4.79 Å². The van der Waals surface area contributed by atoms with Crippen molar-refractivity contribution in [3.05, 3.63) is 87.4 Å². The van der Waals surface area contributed by atoms with E-state index in [0.717, 1.165) is 11.4 Å². The molecule has 0 aliphatic carbocycles. The zero-order chi connectivity index (χ0) is 16.4. The second-order valence-electron chi connectivity index (χ2n) is 5.24. The summed E-state index contributed by atoms with van der Waals surface area (Å²) in [4.78, 5) is 16.9. The Bertz CT molecular complexity index is 871. The first-order valence-electron chi connectivity index (χ1n) is 7.12. The van der Waals surface area contributed by atoms with E-state index in [0.29, 0.717) is 27.8 Å². The van der Waals surface area contributed by atoms with E-state index in [9.17, 15) is 4.79 Å². The normalized spacial score (nSPS) is 10.7. The van der Waals surface area contributed by atoms with Gasteiger partial charge in [0.25, 0.3) is 0 Å². The zero-order valence-electron chi connectivity index (χ0n) is 12.5. The van der Waals surface area contributed by atoms with Crippen LogP contribution in [-0.2, 0) is 6.54 Å². The van der Waals surface area contributed by atoms with Gasteiger partial charge in [-0.2, -0.15) is 0 Å². The van der Waals surface area contributed by atoms with Crippen molar-refractivity contribution in [3.63, 3.8) is 0 Å². The molecule has 3 nitrogen and oxygen atoms in total. The largest absolute Gasteiger partial charge is 0.330 e. The molecule has 0 aliphatic heterocycles. The van der Waals surface area contributed by atoms with Gasteiger partial charge in [0.1, 0.15) is 11.5 Å². The van der Waals surface area contributed by atoms with Gasteiger partial charge in [0.05, 0.1) is 5.02 Å². The molecular formula is C18H14Cl2N2O. The van der Waals surface area contributed by atoms with Crippen LogP contribution in [0.5, 0.6) is 0 Å². The minimum Gasteiger partial charge on any atom is -0.330 e. The smallest absolute Gasteiger partial charge is 0.214 e. The predicted molar refractivity (Wildman–Crippen MR) is 92.4 cm³/mol. The molecule has 0 atom stereocenters. The van der Waals surface area contributed by atoms with E-state index >= 15 is 0 Å². The van der Waals surface area contributed by atoms with Gasteiger partial charge in [-0.3, -0.25) is 4.79 Å². The van der Waals surface area contributed by atoms with Crippen molar-refractivity contribution in [2.24, 2.45) is 0 Å². The molecule has 0 saturated heterocycles. The molecule has 0 saturated carbocycles. The van der Waals surface area contributed by atoms with Crippen molar-refractivity contribution in [1.29, 1.82) is 0 Å². The van der Waals surface area contributed by atoms with Gasteiger partial charge in [-0.25, -0.2) is 4.98 Å². The van der Waals surface area contributed by atoms with Crippen LogP contribution < -0.4 is 0 Å². The molecule has 1 aromatic heterocycles. The summed E-state index contributed by atoms with van der Waals surface area (Å²) in [6.07, 6.45) is 1.75. The minimum absolute atomic E-state index is 0.177. The lowest BCUT2D eigenvalue weighted by molar-refractivity contribution is 0.103. The van der Waals surface area contributed by atoms with Crippen LogP contribution in [0.1, 0.15) is 27.4 Å². The van der Waals surface area contributed by atoms with Crippen molar-refractivity contribution in [1.82, 2.24) is 9.55 Å².